The molecule has 0 bridgehead atoms. The molecule has 1 aromatic heterocycles. The van der Waals surface area contributed by atoms with E-state index < -0.39 is 10.5 Å². The number of hydrogen-bond donors (Lipinski definition) is 0. The zero-order chi connectivity index (χ0) is 18.0. The summed E-state index contributed by atoms with van der Waals surface area (Å²) in [4.78, 5) is 34.9. The van der Waals surface area contributed by atoms with Gasteiger partial charge in [-0.15, -0.1) is 0 Å². The van der Waals surface area contributed by atoms with Crippen LogP contribution in [0, 0.1) is 10.1 Å². The summed E-state index contributed by atoms with van der Waals surface area (Å²) in [6.07, 6.45) is 1.25. The highest BCUT2D eigenvalue weighted by molar-refractivity contribution is 5.97. The molecule has 0 aliphatic heterocycles. The molecule has 0 spiro atoms. The monoisotopic (exact) mass is 335 g/mol. The second-order valence-electron chi connectivity index (χ2n) is 5.35. The number of benzene rings is 2. The summed E-state index contributed by atoms with van der Waals surface area (Å²) in [5.41, 5.74) is 0.0924. The number of carbonyl (C=O) groups excluding carboxylic acids is 1. The number of nitrogens with zero attached hydrogens (tertiary/aromatic N) is 3. The van der Waals surface area contributed by atoms with E-state index in [0.29, 0.717) is 10.9 Å². The van der Waals surface area contributed by atoms with Gasteiger partial charge in [0, 0.05) is 11.5 Å². The Bertz CT molecular complexity index is 1080. The third kappa shape index (κ3) is 3.07. The number of fused-ring (bicyclic) bond motifs is 1. The molecule has 7 heteroatoms. The number of ketones is 1. The molecule has 0 saturated heterocycles. The van der Waals surface area contributed by atoms with E-state index in [-0.39, 0.29) is 22.6 Å². The molecule has 0 aliphatic carbocycles. The average molecular weight is 335 g/mol. The SMILES string of the molecule is CC(=O)c1cc2ccccc2n(/N=C/c2ccccc2[N+](=O)[O-])c1=O. The Morgan fingerprint density at radius 2 is 1.84 bits per heavy atom. The number of carbonyl (C=O) groups is 1. The van der Waals surface area contributed by atoms with Crippen LogP contribution in [0.5, 0.6) is 0 Å². The third-order valence-corrected chi connectivity index (χ3v) is 3.71. The summed E-state index contributed by atoms with van der Waals surface area (Å²) in [6.45, 7) is 1.31. The molecule has 0 radical (unpaired) electrons. The van der Waals surface area contributed by atoms with Crippen LogP contribution < -0.4 is 5.56 Å². The fourth-order valence-electron chi connectivity index (χ4n) is 2.49. The molecule has 7 nitrogen and oxygen atoms in total. The number of hydrogen-bond acceptors (Lipinski definition) is 5. The maximum atomic E-state index is 12.6. The van der Waals surface area contributed by atoms with Crippen molar-refractivity contribution in [1.29, 1.82) is 0 Å². The minimum absolute atomic E-state index is 0.0124. The molecular formula is C18H13N3O4. The van der Waals surface area contributed by atoms with E-state index in [1.165, 1.54) is 31.3 Å². The van der Waals surface area contributed by atoms with Gasteiger partial charge in [0.15, 0.2) is 5.78 Å². The van der Waals surface area contributed by atoms with Crippen LogP contribution in [0.1, 0.15) is 22.8 Å². The maximum absolute atomic E-state index is 12.6. The van der Waals surface area contributed by atoms with Gasteiger partial charge in [0.05, 0.1) is 27.8 Å². The highest BCUT2D eigenvalue weighted by atomic mass is 16.6. The molecule has 0 atom stereocenters. The molecule has 2 aromatic carbocycles. The van der Waals surface area contributed by atoms with Crippen molar-refractivity contribution >= 4 is 28.6 Å². The van der Waals surface area contributed by atoms with Gasteiger partial charge >= 0.3 is 0 Å². The standard InChI is InChI=1S/C18H13N3O4/c1-12(22)15-10-13-6-2-4-8-16(13)20(18(15)23)19-11-14-7-3-5-9-17(14)21(24)25/h2-11H,1H3/b19-11+. The molecule has 25 heavy (non-hydrogen) atoms. The van der Waals surface area contributed by atoms with E-state index in [0.717, 1.165) is 4.68 Å². The molecule has 0 fully saturated rings. The highest BCUT2D eigenvalue weighted by Crippen LogP contribution is 2.17. The molecule has 0 unspecified atom stereocenters. The molecule has 0 amide bonds. The number of nitro benzene ring substituents is 1. The van der Waals surface area contributed by atoms with Gasteiger partial charge in [0.25, 0.3) is 11.2 Å². The van der Waals surface area contributed by atoms with Crippen LogP contribution in [0.15, 0.2) is 64.5 Å². The maximum Gasteiger partial charge on any atom is 0.282 e. The van der Waals surface area contributed by atoms with Crippen molar-refractivity contribution in [2.24, 2.45) is 5.10 Å². The first kappa shape index (κ1) is 16.3. The van der Waals surface area contributed by atoms with E-state index in [2.05, 4.69) is 5.10 Å². The minimum Gasteiger partial charge on any atom is -0.294 e. The number of aromatic nitrogens is 1. The number of Topliss-reactive ketones (excluding diaryl/α,β-unsaturated/α-hetero) is 1. The topological polar surface area (TPSA) is 94.6 Å². The summed E-state index contributed by atoms with van der Waals surface area (Å²) in [5.74, 6) is -0.370. The zero-order valence-corrected chi connectivity index (χ0v) is 13.2. The summed E-state index contributed by atoms with van der Waals surface area (Å²) in [7, 11) is 0. The Kier molecular flexibility index (Phi) is 4.21. The summed E-state index contributed by atoms with van der Waals surface area (Å²) >= 11 is 0. The van der Waals surface area contributed by atoms with Crippen molar-refractivity contribution in [2.45, 2.75) is 6.92 Å². The lowest BCUT2D eigenvalue weighted by Crippen LogP contribution is -2.23. The van der Waals surface area contributed by atoms with Crippen LogP contribution in [-0.4, -0.2) is 21.6 Å². The van der Waals surface area contributed by atoms with Crippen LogP contribution in [0.2, 0.25) is 0 Å². The Hall–Kier alpha value is -3.61. The number of rotatable bonds is 4. The first-order chi connectivity index (χ1) is 12.0. The van der Waals surface area contributed by atoms with Gasteiger partial charge < -0.3 is 0 Å². The second kappa shape index (κ2) is 6.48. The van der Waals surface area contributed by atoms with Crippen molar-refractivity contribution in [3.8, 4) is 0 Å². The van der Waals surface area contributed by atoms with Crippen molar-refractivity contribution in [3.05, 3.63) is 86.2 Å². The molecule has 3 aromatic rings. The number of nitro groups is 1. The van der Waals surface area contributed by atoms with Gasteiger partial charge in [-0.25, -0.2) is 0 Å². The van der Waals surface area contributed by atoms with Gasteiger partial charge in [-0.05, 0) is 25.1 Å². The van der Waals surface area contributed by atoms with Crippen LogP contribution in [0.4, 0.5) is 5.69 Å². The van der Waals surface area contributed by atoms with Crippen molar-refractivity contribution in [1.82, 2.24) is 4.68 Å². The van der Waals surface area contributed by atoms with E-state index in [9.17, 15) is 19.7 Å². The molecule has 124 valence electrons. The molecule has 0 N–H and O–H groups in total. The number of para-hydroxylation sites is 2. The highest BCUT2D eigenvalue weighted by Gasteiger charge is 2.13. The van der Waals surface area contributed by atoms with E-state index in [1.54, 1.807) is 36.4 Å². The van der Waals surface area contributed by atoms with Crippen molar-refractivity contribution in [3.63, 3.8) is 0 Å². The van der Waals surface area contributed by atoms with Crippen molar-refractivity contribution in [2.75, 3.05) is 0 Å². The zero-order valence-electron chi connectivity index (χ0n) is 13.2. The lowest BCUT2D eigenvalue weighted by molar-refractivity contribution is -0.385. The minimum atomic E-state index is -0.568. The Morgan fingerprint density at radius 3 is 2.56 bits per heavy atom. The van der Waals surface area contributed by atoms with Gasteiger partial charge in [0.2, 0.25) is 0 Å². The normalized spacial score (nSPS) is 11.1. The average Bonchev–Trinajstić information content (AvgIpc) is 2.60. The van der Waals surface area contributed by atoms with Crippen LogP contribution in [0.25, 0.3) is 10.9 Å². The lowest BCUT2D eigenvalue weighted by atomic mass is 10.1. The predicted molar refractivity (Wildman–Crippen MR) is 94.3 cm³/mol. The smallest absolute Gasteiger partial charge is 0.282 e. The first-order valence-electron chi connectivity index (χ1n) is 7.42. The molecule has 3 rings (SSSR count). The van der Waals surface area contributed by atoms with E-state index in [1.807, 2.05) is 0 Å². The fraction of sp³-hybridized carbons (Fsp3) is 0.0556. The second-order valence-corrected chi connectivity index (χ2v) is 5.35. The number of pyridine rings is 1. The summed E-state index contributed by atoms with van der Waals surface area (Å²) in [5, 5.41) is 15.9. The lowest BCUT2D eigenvalue weighted by Gasteiger charge is -2.07. The molecule has 0 aliphatic rings. The van der Waals surface area contributed by atoms with E-state index >= 15 is 0 Å². The summed E-state index contributed by atoms with van der Waals surface area (Å²) < 4.78 is 1.09. The first-order valence-corrected chi connectivity index (χ1v) is 7.42. The fourth-order valence-corrected chi connectivity index (χ4v) is 2.49. The predicted octanol–water partition coefficient (Wildman–Crippen LogP) is 2.99. The van der Waals surface area contributed by atoms with Crippen LogP contribution >= 0.6 is 0 Å². The third-order valence-electron chi connectivity index (χ3n) is 3.71. The Balaban J connectivity index is 2.23. The van der Waals surface area contributed by atoms with Crippen LogP contribution in [-0.2, 0) is 0 Å². The molecular weight excluding hydrogens is 322 g/mol. The quantitative estimate of drug-likeness (QED) is 0.317. The summed E-state index contributed by atoms with van der Waals surface area (Å²) in [6, 6.07) is 14.6. The largest absolute Gasteiger partial charge is 0.294 e. The molecule has 0 saturated carbocycles. The van der Waals surface area contributed by atoms with Gasteiger partial charge in [-0.2, -0.15) is 9.78 Å². The Morgan fingerprint density at radius 1 is 1.16 bits per heavy atom. The van der Waals surface area contributed by atoms with E-state index in [4.69, 9.17) is 0 Å². The molecule has 1 heterocycles. The van der Waals surface area contributed by atoms with Crippen molar-refractivity contribution < 1.29 is 9.72 Å². The van der Waals surface area contributed by atoms with Gasteiger partial charge in [0.1, 0.15) is 0 Å². The van der Waals surface area contributed by atoms with Crippen LogP contribution in [0.3, 0.4) is 0 Å². The van der Waals surface area contributed by atoms with Gasteiger partial charge in [-0.3, -0.25) is 19.7 Å². The Labute approximate surface area is 142 Å². The van der Waals surface area contributed by atoms with Gasteiger partial charge in [-0.1, -0.05) is 30.3 Å².